The number of nitrogens with one attached hydrogen (secondary N) is 1. The first-order valence-electron chi connectivity index (χ1n) is 7.89. The van der Waals surface area contributed by atoms with Crippen LogP contribution in [0, 0.1) is 11.8 Å². The number of rotatable bonds is 4. The van der Waals surface area contributed by atoms with Gasteiger partial charge in [0.1, 0.15) is 0 Å². The summed E-state index contributed by atoms with van der Waals surface area (Å²) < 4.78 is 26.3. The molecule has 2 rings (SSSR count). The van der Waals surface area contributed by atoms with Crippen LogP contribution < -0.4 is 5.32 Å². The highest BCUT2D eigenvalue weighted by Gasteiger charge is 2.38. The summed E-state index contributed by atoms with van der Waals surface area (Å²) in [7, 11) is 0. The fourth-order valence-corrected chi connectivity index (χ4v) is 3.30. The van der Waals surface area contributed by atoms with E-state index in [0.717, 1.165) is 32.5 Å². The lowest BCUT2D eigenvalue weighted by molar-refractivity contribution is -0.140. The summed E-state index contributed by atoms with van der Waals surface area (Å²) in [5, 5.41) is 3.32. The average Bonchev–Trinajstić information content (AvgIpc) is 2.45. The molecule has 0 unspecified atom stereocenters. The van der Waals surface area contributed by atoms with Gasteiger partial charge in [-0.2, -0.15) is 0 Å². The van der Waals surface area contributed by atoms with Gasteiger partial charge in [-0.3, -0.25) is 4.79 Å². The highest BCUT2D eigenvalue weighted by molar-refractivity contribution is 5.79. The number of piperidine rings is 1. The number of halogens is 2. The first kappa shape index (κ1) is 15.7. The van der Waals surface area contributed by atoms with E-state index in [1.807, 2.05) is 11.8 Å². The van der Waals surface area contributed by atoms with Crippen LogP contribution in [-0.4, -0.2) is 42.9 Å². The highest BCUT2D eigenvalue weighted by atomic mass is 19.3. The topological polar surface area (TPSA) is 32.3 Å². The monoisotopic (exact) mass is 288 g/mol. The molecule has 2 fully saturated rings. The van der Waals surface area contributed by atoms with E-state index in [-0.39, 0.29) is 24.7 Å². The van der Waals surface area contributed by atoms with Crippen LogP contribution in [0.25, 0.3) is 0 Å². The zero-order valence-corrected chi connectivity index (χ0v) is 12.3. The van der Waals surface area contributed by atoms with Crippen molar-refractivity contribution in [3.05, 3.63) is 0 Å². The Morgan fingerprint density at radius 2 is 1.80 bits per heavy atom. The van der Waals surface area contributed by atoms with Crippen molar-refractivity contribution in [2.24, 2.45) is 11.8 Å². The van der Waals surface area contributed by atoms with Crippen molar-refractivity contribution in [2.45, 2.75) is 51.4 Å². The van der Waals surface area contributed by atoms with Crippen molar-refractivity contribution in [2.75, 3.05) is 26.2 Å². The number of alkyl halides is 2. The van der Waals surface area contributed by atoms with E-state index < -0.39 is 5.92 Å². The Bertz CT molecular complexity index is 320. The molecule has 1 saturated carbocycles. The molecular weight excluding hydrogens is 262 g/mol. The zero-order chi connectivity index (χ0) is 14.6. The quantitative estimate of drug-likeness (QED) is 0.862. The Kier molecular flexibility index (Phi) is 5.35. The van der Waals surface area contributed by atoms with E-state index in [1.54, 1.807) is 0 Å². The third-order valence-corrected chi connectivity index (χ3v) is 4.70. The fraction of sp³-hybridized carbons (Fsp3) is 0.933. The maximum atomic E-state index is 13.2. The van der Waals surface area contributed by atoms with E-state index in [0.29, 0.717) is 25.3 Å². The van der Waals surface area contributed by atoms with E-state index in [1.165, 1.54) is 0 Å². The van der Waals surface area contributed by atoms with Gasteiger partial charge in [0.25, 0.3) is 0 Å². The zero-order valence-electron chi connectivity index (χ0n) is 12.3. The van der Waals surface area contributed by atoms with Gasteiger partial charge < -0.3 is 10.2 Å². The van der Waals surface area contributed by atoms with Crippen LogP contribution in [0.3, 0.4) is 0 Å². The Hall–Kier alpha value is -0.710. The van der Waals surface area contributed by atoms with Gasteiger partial charge in [-0.05, 0) is 51.6 Å². The molecule has 5 heteroatoms. The molecule has 1 N–H and O–H groups in total. The minimum absolute atomic E-state index is 0.0986. The Morgan fingerprint density at radius 3 is 2.35 bits per heavy atom. The molecule has 1 aliphatic heterocycles. The number of carbonyl (C=O) groups excluding carboxylic acids is 1. The van der Waals surface area contributed by atoms with Crippen molar-refractivity contribution in [1.29, 1.82) is 0 Å². The maximum Gasteiger partial charge on any atom is 0.248 e. The largest absolute Gasteiger partial charge is 0.342 e. The molecule has 0 spiro atoms. The van der Waals surface area contributed by atoms with Crippen LogP contribution in [0.1, 0.15) is 45.4 Å². The third-order valence-electron chi connectivity index (χ3n) is 4.70. The summed E-state index contributed by atoms with van der Waals surface area (Å²) >= 11 is 0. The molecule has 1 aliphatic carbocycles. The lowest BCUT2D eigenvalue weighted by Crippen LogP contribution is -2.43. The van der Waals surface area contributed by atoms with Crippen molar-refractivity contribution < 1.29 is 13.6 Å². The van der Waals surface area contributed by atoms with Crippen molar-refractivity contribution in [3.63, 3.8) is 0 Å². The molecule has 20 heavy (non-hydrogen) atoms. The molecule has 0 radical (unpaired) electrons. The molecular formula is C15H26F2N2O. The van der Waals surface area contributed by atoms with Crippen molar-refractivity contribution in [3.8, 4) is 0 Å². The molecule has 2 aliphatic rings. The van der Waals surface area contributed by atoms with Gasteiger partial charge in [0.05, 0.1) is 0 Å². The summed E-state index contributed by atoms with van der Waals surface area (Å²) in [6.07, 6.45) is 2.63. The van der Waals surface area contributed by atoms with Crippen LogP contribution >= 0.6 is 0 Å². The summed E-state index contributed by atoms with van der Waals surface area (Å²) in [4.78, 5) is 14.4. The molecule has 0 atom stereocenters. The van der Waals surface area contributed by atoms with Gasteiger partial charge in [0, 0.05) is 31.8 Å². The van der Waals surface area contributed by atoms with Gasteiger partial charge in [0.2, 0.25) is 11.8 Å². The number of hydrogen-bond donors (Lipinski definition) is 1. The second-order valence-corrected chi connectivity index (χ2v) is 6.20. The normalized spacial score (nSPS) is 24.6. The SMILES string of the molecule is CCN(CC1CCNCC1)C(=O)C1CCC(F)(F)CC1. The first-order chi connectivity index (χ1) is 9.52. The molecule has 0 aromatic heterocycles. The molecule has 1 heterocycles. The van der Waals surface area contributed by atoms with E-state index in [2.05, 4.69) is 5.32 Å². The Labute approximate surface area is 120 Å². The van der Waals surface area contributed by atoms with Crippen molar-refractivity contribution in [1.82, 2.24) is 10.2 Å². The number of hydrogen-bond acceptors (Lipinski definition) is 2. The number of amides is 1. The summed E-state index contributed by atoms with van der Waals surface area (Å²) in [5.41, 5.74) is 0. The second kappa shape index (κ2) is 6.83. The lowest BCUT2D eigenvalue weighted by Gasteiger charge is -2.34. The van der Waals surface area contributed by atoms with Crippen LogP contribution in [0.2, 0.25) is 0 Å². The summed E-state index contributed by atoms with van der Waals surface area (Å²) in [5.74, 6) is -2.08. The summed E-state index contributed by atoms with van der Waals surface area (Å²) in [6.45, 7) is 5.51. The Balaban J connectivity index is 1.85. The third kappa shape index (κ3) is 4.14. The minimum Gasteiger partial charge on any atom is -0.342 e. The van der Waals surface area contributed by atoms with Gasteiger partial charge in [-0.15, -0.1) is 0 Å². The molecule has 1 amide bonds. The molecule has 1 saturated heterocycles. The molecule has 3 nitrogen and oxygen atoms in total. The van der Waals surface area contributed by atoms with E-state index in [9.17, 15) is 13.6 Å². The van der Waals surface area contributed by atoms with E-state index >= 15 is 0 Å². The minimum atomic E-state index is -2.55. The molecule has 0 aromatic rings. The molecule has 0 bridgehead atoms. The highest BCUT2D eigenvalue weighted by Crippen LogP contribution is 2.37. The predicted octanol–water partition coefficient (Wildman–Crippen LogP) is 2.66. The second-order valence-electron chi connectivity index (χ2n) is 6.20. The summed E-state index contributed by atoms with van der Waals surface area (Å²) in [6, 6.07) is 0. The van der Waals surface area contributed by atoms with Gasteiger partial charge in [0.15, 0.2) is 0 Å². The smallest absolute Gasteiger partial charge is 0.248 e. The lowest BCUT2D eigenvalue weighted by atomic mass is 9.85. The first-order valence-corrected chi connectivity index (χ1v) is 7.89. The fourth-order valence-electron chi connectivity index (χ4n) is 3.30. The van der Waals surface area contributed by atoms with Crippen molar-refractivity contribution >= 4 is 5.91 Å². The van der Waals surface area contributed by atoms with Crippen LogP contribution in [0.4, 0.5) is 8.78 Å². The van der Waals surface area contributed by atoms with Gasteiger partial charge in [-0.25, -0.2) is 8.78 Å². The number of nitrogens with zero attached hydrogens (tertiary/aromatic N) is 1. The predicted molar refractivity (Wildman–Crippen MR) is 74.8 cm³/mol. The van der Waals surface area contributed by atoms with E-state index in [4.69, 9.17) is 0 Å². The maximum absolute atomic E-state index is 13.2. The average molecular weight is 288 g/mol. The van der Waals surface area contributed by atoms with Crippen LogP contribution in [0.5, 0.6) is 0 Å². The van der Waals surface area contributed by atoms with Crippen LogP contribution in [0.15, 0.2) is 0 Å². The standard InChI is InChI=1S/C15H26F2N2O/c1-2-19(11-12-5-9-18-10-6-12)14(20)13-3-7-15(16,17)8-4-13/h12-13,18H,2-11H2,1H3. The number of carbonyl (C=O) groups is 1. The Morgan fingerprint density at radius 1 is 1.20 bits per heavy atom. The molecule has 0 aromatic carbocycles. The van der Waals surface area contributed by atoms with Gasteiger partial charge in [-0.1, -0.05) is 0 Å². The van der Waals surface area contributed by atoms with Gasteiger partial charge >= 0.3 is 0 Å². The molecule has 116 valence electrons. The van der Waals surface area contributed by atoms with Crippen LogP contribution in [-0.2, 0) is 4.79 Å².